The third kappa shape index (κ3) is 2.10. The quantitative estimate of drug-likeness (QED) is 0.497. The van der Waals surface area contributed by atoms with E-state index in [4.69, 9.17) is 9.68 Å². The second kappa shape index (κ2) is 5.57. The molecule has 5 heteroatoms. The summed E-state index contributed by atoms with van der Waals surface area (Å²) in [6.45, 7) is 0. The third-order valence-corrected chi connectivity index (χ3v) is 4.53. The summed E-state index contributed by atoms with van der Waals surface area (Å²) >= 11 is 0. The van der Waals surface area contributed by atoms with Crippen LogP contribution in [0.25, 0.3) is 44.3 Å². The van der Waals surface area contributed by atoms with Crippen molar-refractivity contribution >= 4 is 21.9 Å². The molecule has 0 unspecified atom stereocenters. The molecule has 26 heavy (non-hydrogen) atoms. The number of furan rings is 1. The molecule has 5 rings (SSSR count). The van der Waals surface area contributed by atoms with Gasteiger partial charge in [0.05, 0.1) is 0 Å². The van der Waals surface area contributed by atoms with E-state index in [1.807, 2.05) is 48.5 Å². The largest absolute Gasteiger partial charge is 0.455 e. The molecule has 5 nitrogen and oxygen atoms in total. The molecule has 0 aliphatic carbocycles. The normalized spacial score (nSPS) is 11.0. The van der Waals surface area contributed by atoms with Gasteiger partial charge in [0.2, 0.25) is 0 Å². The molecule has 2 heterocycles. The molecule has 3 aromatic carbocycles. The number of rotatable bonds is 2. The molecule has 0 aliphatic rings. The van der Waals surface area contributed by atoms with Gasteiger partial charge in [-0.25, -0.2) is 5.10 Å². The number of hydrogen-bond donors (Lipinski definition) is 1. The van der Waals surface area contributed by atoms with Gasteiger partial charge < -0.3 is 4.42 Å². The van der Waals surface area contributed by atoms with E-state index in [9.17, 15) is 0 Å². The van der Waals surface area contributed by atoms with E-state index in [-0.39, 0.29) is 0 Å². The predicted octanol–water partition coefficient (Wildman–Crippen LogP) is 4.91. The van der Waals surface area contributed by atoms with Crippen molar-refractivity contribution in [3.63, 3.8) is 0 Å². The summed E-state index contributed by atoms with van der Waals surface area (Å²) < 4.78 is 6.11. The number of benzene rings is 3. The van der Waals surface area contributed by atoms with Crippen LogP contribution in [0.1, 0.15) is 5.69 Å². The van der Waals surface area contributed by atoms with Gasteiger partial charge in [0.25, 0.3) is 0 Å². The molecule has 122 valence electrons. The van der Waals surface area contributed by atoms with Crippen LogP contribution in [0.5, 0.6) is 0 Å². The number of hydrogen-bond acceptors (Lipinski definition) is 4. The fourth-order valence-electron chi connectivity index (χ4n) is 3.29. The Labute approximate surface area is 148 Å². The van der Waals surface area contributed by atoms with E-state index in [1.54, 1.807) is 0 Å². The number of para-hydroxylation sites is 2. The Bertz CT molecular complexity index is 1290. The number of aromatic amines is 1. The van der Waals surface area contributed by atoms with Crippen LogP contribution in [-0.2, 0) is 0 Å². The Morgan fingerprint density at radius 3 is 2.46 bits per heavy atom. The lowest BCUT2D eigenvalue weighted by molar-refractivity contribution is 0.670. The molecule has 1 N–H and O–H groups in total. The minimum atomic E-state index is 0.358. The van der Waals surface area contributed by atoms with Crippen molar-refractivity contribution in [2.45, 2.75) is 0 Å². The van der Waals surface area contributed by atoms with Crippen LogP contribution in [0, 0.1) is 11.3 Å². The number of nitrogens with one attached hydrogen (secondary N) is 1. The maximum atomic E-state index is 9.12. The molecular formula is C21H12N4O. The Morgan fingerprint density at radius 2 is 1.62 bits per heavy atom. The Hall–Kier alpha value is -3.91. The molecule has 2 aromatic heterocycles. The lowest BCUT2D eigenvalue weighted by Gasteiger charge is -2.04. The molecule has 5 aromatic rings. The second-order valence-corrected chi connectivity index (χ2v) is 6.01. The van der Waals surface area contributed by atoms with Gasteiger partial charge in [-0.05, 0) is 11.6 Å². The molecule has 0 amide bonds. The zero-order valence-electron chi connectivity index (χ0n) is 13.6. The van der Waals surface area contributed by atoms with Crippen molar-refractivity contribution in [1.29, 1.82) is 5.26 Å². The topological polar surface area (TPSA) is 78.5 Å². The van der Waals surface area contributed by atoms with Crippen LogP contribution < -0.4 is 0 Å². The van der Waals surface area contributed by atoms with E-state index in [0.717, 1.165) is 38.6 Å². The highest BCUT2D eigenvalue weighted by Gasteiger charge is 2.13. The SMILES string of the molecule is N#Cc1[nH]nnc1-c1ccc(-c2cccc3c2oc2ccccc23)cc1. The number of fused-ring (bicyclic) bond motifs is 3. The number of H-pyrrole nitrogens is 1. The van der Waals surface area contributed by atoms with Gasteiger partial charge >= 0.3 is 0 Å². The smallest absolute Gasteiger partial charge is 0.163 e. The van der Waals surface area contributed by atoms with Crippen LogP contribution in [0.3, 0.4) is 0 Å². The predicted molar refractivity (Wildman–Crippen MR) is 99.2 cm³/mol. The number of nitriles is 1. The molecular weight excluding hydrogens is 324 g/mol. The average molecular weight is 336 g/mol. The van der Waals surface area contributed by atoms with Gasteiger partial charge in [0.15, 0.2) is 5.69 Å². The van der Waals surface area contributed by atoms with E-state index in [0.29, 0.717) is 11.4 Å². The van der Waals surface area contributed by atoms with Gasteiger partial charge in [0.1, 0.15) is 22.9 Å². The summed E-state index contributed by atoms with van der Waals surface area (Å²) in [5.74, 6) is 0. The van der Waals surface area contributed by atoms with Crippen molar-refractivity contribution in [3.05, 3.63) is 72.4 Å². The van der Waals surface area contributed by atoms with Crippen LogP contribution in [0.2, 0.25) is 0 Å². The van der Waals surface area contributed by atoms with Crippen molar-refractivity contribution in [1.82, 2.24) is 15.4 Å². The van der Waals surface area contributed by atoms with Gasteiger partial charge in [-0.1, -0.05) is 65.9 Å². The maximum Gasteiger partial charge on any atom is 0.163 e. The van der Waals surface area contributed by atoms with Gasteiger partial charge in [-0.3, -0.25) is 0 Å². The monoisotopic (exact) mass is 336 g/mol. The lowest BCUT2D eigenvalue weighted by Crippen LogP contribution is -1.84. The van der Waals surface area contributed by atoms with Crippen molar-refractivity contribution in [2.24, 2.45) is 0 Å². The maximum absolute atomic E-state index is 9.12. The first-order valence-corrected chi connectivity index (χ1v) is 8.17. The fourth-order valence-corrected chi connectivity index (χ4v) is 3.29. The van der Waals surface area contributed by atoms with E-state index < -0.39 is 0 Å². The summed E-state index contributed by atoms with van der Waals surface area (Å²) in [4.78, 5) is 0. The van der Waals surface area contributed by atoms with Gasteiger partial charge in [0, 0.05) is 21.9 Å². The average Bonchev–Trinajstić information content (AvgIpc) is 3.32. The van der Waals surface area contributed by atoms with Crippen molar-refractivity contribution in [2.75, 3.05) is 0 Å². The molecule has 0 bridgehead atoms. The Morgan fingerprint density at radius 1 is 0.846 bits per heavy atom. The summed E-state index contributed by atoms with van der Waals surface area (Å²) in [5, 5.41) is 21.6. The number of aromatic nitrogens is 3. The molecule has 0 atom stereocenters. The zero-order valence-corrected chi connectivity index (χ0v) is 13.6. The molecule has 0 spiro atoms. The first-order chi connectivity index (χ1) is 12.8. The first kappa shape index (κ1) is 14.4. The van der Waals surface area contributed by atoms with E-state index >= 15 is 0 Å². The fraction of sp³-hybridized carbons (Fsp3) is 0. The number of nitrogens with zero attached hydrogens (tertiary/aromatic N) is 3. The minimum absolute atomic E-state index is 0.358. The van der Waals surface area contributed by atoms with Crippen LogP contribution in [0.15, 0.2) is 71.1 Å². The standard InChI is InChI=1S/C21H12N4O/c22-12-18-20(24-25-23-18)14-10-8-13(9-11-14)15-5-3-6-17-16-4-1-2-7-19(16)26-21(15)17/h1-11H,(H,23,24,25). The summed E-state index contributed by atoms with van der Waals surface area (Å²) in [7, 11) is 0. The van der Waals surface area contributed by atoms with Gasteiger partial charge in [-0.15, -0.1) is 5.10 Å². The summed E-state index contributed by atoms with van der Waals surface area (Å²) in [6.07, 6.45) is 0. The third-order valence-electron chi connectivity index (χ3n) is 4.53. The van der Waals surface area contributed by atoms with Crippen LogP contribution >= 0.6 is 0 Å². The lowest BCUT2D eigenvalue weighted by atomic mass is 10.00. The van der Waals surface area contributed by atoms with E-state index in [1.165, 1.54) is 0 Å². The zero-order chi connectivity index (χ0) is 17.5. The Kier molecular flexibility index (Phi) is 3.09. The second-order valence-electron chi connectivity index (χ2n) is 6.01. The first-order valence-electron chi connectivity index (χ1n) is 8.17. The molecule has 0 radical (unpaired) electrons. The summed E-state index contributed by atoms with van der Waals surface area (Å²) in [6, 6.07) is 24.2. The highest BCUT2D eigenvalue weighted by molar-refractivity contribution is 6.09. The minimum Gasteiger partial charge on any atom is -0.455 e. The van der Waals surface area contributed by atoms with Gasteiger partial charge in [-0.2, -0.15) is 5.26 Å². The molecule has 0 saturated heterocycles. The van der Waals surface area contributed by atoms with Crippen molar-refractivity contribution in [3.8, 4) is 28.5 Å². The highest BCUT2D eigenvalue weighted by atomic mass is 16.3. The highest BCUT2D eigenvalue weighted by Crippen LogP contribution is 2.36. The van der Waals surface area contributed by atoms with Crippen LogP contribution in [-0.4, -0.2) is 15.4 Å². The van der Waals surface area contributed by atoms with Crippen molar-refractivity contribution < 1.29 is 4.42 Å². The summed E-state index contributed by atoms with van der Waals surface area (Å²) in [5.41, 5.74) is 5.59. The molecule has 0 fully saturated rings. The molecule has 0 aliphatic heterocycles. The van der Waals surface area contributed by atoms with E-state index in [2.05, 4.69) is 39.7 Å². The van der Waals surface area contributed by atoms with Crippen LogP contribution in [0.4, 0.5) is 0 Å². The molecule has 0 saturated carbocycles. The Balaban J connectivity index is 1.65.